The Morgan fingerprint density at radius 1 is 1.29 bits per heavy atom. The average molecular weight is 237 g/mol. The molecule has 1 N–H and O–H groups in total. The topological polar surface area (TPSA) is 56.3 Å². The second-order valence-corrected chi connectivity index (χ2v) is 4.22. The summed E-state index contributed by atoms with van der Waals surface area (Å²) in [5.41, 5.74) is 0.768. The van der Waals surface area contributed by atoms with Crippen molar-refractivity contribution in [3.8, 4) is 5.88 Å². The molecule has 1 aliphatic heterocycles. The molecule has 0 aromatic carbocycles. The van der Waals surface area contributed by atoms with Crippen LogP contribution in [0, 0.1) is 5.92 Å². The first-order valence-electron chi connectivity index (χ1n) is 6.02. The van der Waals surface area contributed by atoms with Crippen LogP contribution in [-0.2, 0) is 11.3 Å². The van der Waals surface area contributed by atoms with E-state index in [4.69, 9.17) is 9.47 Å². The van der Waals surface area contributed by atoms with Crippen LogP contribution in [0.3, 0.4) is 0 Å². The molecule has 0 spiro atoms. The van der Waals surface area contributed by atoms with E-state index in [0.29, 0.717) is 18.4 Å². The molecule has 0 bridgehead atoms. The fourth-order valence-corrected chi connectivity index (χ4v) is 1.99. The monoisotopic (exact) mass is 237 g/mol. The highest BCUT2D eigenvalue weighted by Gasteiger charge is 2.13. The number of hydrogen-bond donors (Lipinski definition) is 1. The van der Waals surface area contributed by atoms with Gasteiger partial charge in [-0.05, 0) is 31.8 Å². The second kappa shape index (κ2) is 6.51. The van der Waals surface area contributed by atoms with Gasteiger partial charge in [-0.1, -0.05) is 0 Å². The van der Waals surface area contributed by atoms with Crippen LogP contribution < -0.4 is 10.1 Å². The van der Waals surface area contributed by atoms with Crippen molar-refractivity contribution >= 4 is 0 Å². The largest absolute Gasteiger partial charge is 0.480 e. The van der Waals surface area contributed by atoms with E-state index in [-0.39, 0.29) is 0 Å². The molecule has 94 valence electrons. The van der Waals surface area contributed by atoms with Crippen molar-refractivity contribution in [3.63, 3.8) is 0 Å². The zero-order valence-electron chi connectivity index (χ0n) is 10.2. The van der Waals surface area contributed by atoms with E-state index in [1.807, 2.05) is 0 Å². The Bertz CT molecular complexity index is 340. The lowest BCUT2D eigenvalue weighted by Crippen LogP contribution is -2.29. The van der Waals surface area contributed by atoms with Crippen LogP contribution in [0.5, 0.6) is 5.88 Å². The minimum atomic E-state index is 0.473. The molecule has 2 heterocycles. The van der Waals surface area contributed by atoms with E-state index in [9.17, 15) is 0 Å². The Labute approximate surface area is 102 Å². The van der Waals surface area contributed by atoms with Crippen LogP contribution in [0.1, 0.15) is 18.5 Å². The zero-order valence-corrected chi connectivity index (χ0v) is 10.2. The van der Waals surface area contributed by atoms with Crippen molar-refractivity contribution in [3.05, 3.63) is 18.1 Å². The molecule has 0 amide bonds. The quantitative estimate of drug-likeness (QED) is 0.828. The van der Waals surface area contributed by atoms with Crippen LogP contribution >= 0.6 is 0 Å². The molecule has 17 heavy (non-hydrogen) atoms. The summed E-state index contributed by atoms with van der Waals surface area (Å²) >= 11 is 0. The van der Waals surface area contributed by atoms with Crippen LogP contribution in [0.4, 0.5) is 0 Å². The Balaban J connectivity index is 1.77. The molecule has 1 aromatic heterocycles. The summed E-state index contributed by atoms with van der Waals surface area (Å²) in [5.74, 6) is 1.22. The summed E-state index contributed by atoms with van der Waals surface area (Å²) in [6.07, 6.45) is 5.66. The molecule has 0 radical (unpaired) electrons. The fourth-order valence-electron chi connectivity index (χ4n) is 1.99. The third-order valence-electron chi connectivity index (χ3n) is 2.98. The highest BCUT2D eigenvalue weighted by Crippen LogP contribution is 2.15. The van der Waals surface area contributed by atoms with Crippen molar-refractivity contribution in [2.45, 2.75) is 19.4 Å². The van der Waals surface area contributed by atoms with Gasteiger partial charge in [0.1, 0.15) is 5.69 Å². The van der Waals surface area contributed by atoms with Gasteiger partial charge in [0.25, 0.3) is 0 Å². The van der Waals surface area contributed by atoms with E-state index >= 15 is 0 Å². The molecular formula is C12H19N3O2. The molecule has 1 aromatic rings. The number of piperidine rings is 1. The Hall–Kier alpha value is -1.20. The van der Waals surface area contributed by atoms with Gasteiger partial charge in [-0.25, -0.2) is 4.98 Å². The van der Waals surface area contributed by atoms with Crippen molar-refractivity contribution in [2.24, 2.45) is 5.92 Å². The minimum absolute atomic E-state index is 0.473. The molecule has 5 nitrogen and oxygen atoms in total. The van der Waals surface area contributed by atoms with Crippen LogP contribution in [0.2, 0.25) is 0 Å². The normalized spacial score (nSPS) is 17.0. The van der Waals surface area contributed by atoms with Gasteiger partial charge in [-0.2, -0.15) is 0 Å². The van der Waals surface area contributed by atoms with Crippen LogP contribution in [0.15, 0.2) is 12.4 Å². The Morgan fingerprint density at radius 2 is 2.06 bits per heavy atom. The molecular weight excluding hydrogens is 218 g/mol. The van der Waals surface area contributed by atoms with Crippen LogP contribution in [0.25, 0.3) is 0 Å². The summed E-state index contributed by atoms with van der Waals surface area (Å²) in [4.78, 5) is 8.30. The molecule has 0 saturated carbocycles. The predicted molar refractivity (Wildman–Crippen MR) is 63.8 cm³/mol. The van der Waals surface area contributed by atoms with Crippen molar-refractivity contribution in [1.29, 1.82) is 0 Å². The molecule has 5 heteroatoms. The first-order valence-corrected chi connectivity index (χ1v) is 6.02. The van der Waals surface area contributed by atoms with E-state index < -0.39 is 0 Å². The number of rotatable bonds is 5. The maximum atomic E-state index is 5.69. The van der Waals surface area contributed by atoms with Gasteiger partial charge in [-0.15, -0.1) is 0 Å². The van der Waals surface area contributed by atoms with Gasteiger partial charge in [0, 0.05) is 12.4 Å². The summed E-state index contributed by atoms with van der Waals surface area (Å²) in [7, 11) is 1.60. The van der Waals surface area contributed by atoms with Crippen LogP contribution in [-0.4, -0.2) is 36.8 Å². The lowest BCUT2D eigenvalue weighted by atomic mass is 9.99. The fraction of sp³-hybridized carbons (Fsp3) is 0.667. The lowest BCUT2D eigenvalue weighted by molar-refractivity contribution is 0.0727. The van der Waals surface area contributed by atoms with Gasteiger partial charge in [0.2, 0.25) is 5.88 Å². The zero-order chi connectivity index (χ0) is 11.9. The summed E-state index contributed by atoms with van der Waals surface area (Å²) < 4.78 is 10.8. The van der Waals surface area contributed by atoms with Crippen molar-refractivity contribution in [2.75, 3.05) is 26.8 Å². The predicted octanol–water partition coefficient (Wildman–Crippen LogP) is 1.00. The first-order chi connectivity index (χ1) is 8.40. The van der Waals surface area contributed by atoms with E-state index in [1.54, 1.807) is 19.5 Å². The SMILES string of the molecule is COc1nccnc1COCC1CCNCC1. The maximum absolute atomic E-state index is 5.69. The molecule has 0 unspecified atom stereocenters. The summed E-state index contributed by atoms with van der Waals surface area (Å²) in [5, 5.41) is 3.34. The van der Waals surface area contributed by atoms with E-state index in [0.717, 1.165) is 25.4 Å². The smallest absolute Gasteiger partial charge is 0.237 e. The standard InChI is InChI=1S/C12H19N3O2/c1-16-12-11(14-6-7-15-12)9-17-8-10-2-4-13-5-3-10/h6-7,10,13H,2-5,8-9H2,1H3. The molecule has 1 saturated heterocycles. The van der Waals surface area contributed by atoms with Gasteiger partial charge in [-0.3, -0.25) is 4.98 Å². The van der Waals surface area contributed by atoms with Gasteiger partial charge < -0.3 is 14.8 Å². The molecule has 0 aliphatic carbocycles. The third-order valence-corrected chi connectivity index (χ3v) is 2.98. The number of methoxy groups -OCH3 is 1. The lowest BCUT2D eigenvalue weighted by Gasteiger charge is -2.22. The second-order valence-electron chi connectivity index (χ2n) is 4.22. The molecule has 2 rings (SSSR count). The van der Waals surface area contributed by atoms with Gasteiger partial charge >= 0.3 is 0 Å². The third kappa shape index (κ3) is 3.64. The number of hydrogen-bond acceptors (Lipinski definition) is 5. The number of aromatic nitrogens is 2. The van der Waals surface area contributed by atoms with E-state index in [1.165, 1.54) is 12.8 Å². The Morgan fingerprint density at radius 3 is 2.82 bits per heavy atom. The molecule has 1 aliphatic rings. The molecule has 0 atom stereocenters. The Kier molecular flexibility index (Phi) is 4.70. The van der Waals surface area contributed by atoms with Crippen molar-refractivity contribution < 1.29 is 9.47 Å². The summed E-state index contributed by atoms with van der Waals surface area (Å²) in [6.45, 7) is 3.47. The number of nitrogens with zero attached hydrogens (tertiary/aromatic N) is 2. The first kappa shape index (κ1) is 12.3. The molecule has 1 fully saturated rings. The highest BCUT2D eigenvalue weighted by atomic mass is 16.5. The minimum Gasteiger partial charge on any atom is -0.480 e. The average Bonchev–Trinajstić information content (AvgIpc) is 2.40. The van der Waals surface area contributed by atoms with Crippen molar-refractivity contribution in [1.82, 2.24) is 15.3 Å². The van der Waals surface area contributed by atoms with Gasteiger partial charge in [0.05, 0.1) is 20.3 Å². The maximum Gasteiger partial charge on any atom is 0.237 e. The summed E-state index contributed by atoms with van der Waals surface area (Å²) in [6, 6.07) is 0. The van der Waals surface area contributed by atoms with E-state index in [2.05, 4.69) is 15.3 Å². The van der Waals surface area contributed by atoms with Gasteiger partial charge in [0.15, 0.2) is 0 Å². The number of nitrogens with one attached hydrogen (secondary N) is 1. The number of ether oxygens (including phenoxy) is 2. The highest BCUT2D eigenvalue weighted by molar-refractivity contribution is 5.15.